The highest BCUT2D eigenvalue weighted by Crippen LogP contribution is 2.42. The zero-order valence-corrected chi connectivity index (χ0v) is 13.4. The van der Waals surface area contributed by atoms with E-state index in [9.17, 15) is 5.11 Å². The molecule has 1 aromatic rings. The van der Waals surface area contributed by atoms with E-state index < -0.39 is 11.7 Å². The lowest BCUT2D eigenvalue weighted by Crippen LogP contribution is -2.62. The summed E-state index contributed by atoms with van der Waals surface area (Å²) in [5, 5.41) is 20.0. The minimum Gasteiger partial charge on any atom is -0.486 e. The topological polar surface area (TPSA) is 56.2 Å². The molecule has 1 aromatic carbocycles. The summed E-state index contributed by atoms with van der Waals surface area (Å²) in [6.07, 6.45) is -0.538. The second-order valence-corrected chi connectivity index (χ2v) is 6.73. The van der Waals surface area contributed by atoms with Gasteiger partial charge in [0.1, 0.15) is 17.5 Å². The van der Waals surface area contributed by atoms with E-state index in [2.05, 4.69) is 23.6 Å². The third-order valence-electron chi connectivity index (χ3n) is 4.84. The van der Waals surface area contributed by atoms with Crippen LogP contribution in [0.15, 0.2) is 24.3 Å². The molecule has 2 heterocycles. The van der Waals surface area contributed by atoms with E-state index >= 15 is 0 Å². The molecule has 0 spiro atoms. The van der Waals surface area contributed by atoms with Crippen LogP contribution in [0.2, 0.25) is 0 Å². The molecule has 2 unspecified atom stereocenters. The smallest absolute Gasteiger partial charge is 0.126 e. The fourth-order valence-corrected chi connectivity index (χ4v) is 3.76. The van der Waals surface area contributed by atoms with Crippen molar-refractivity contribution < 1.29 is 14.9 Å². The van der Waals surface area contributed by atoms with Crippen LogP contribution in [0.3, 0.4) is 0 Å². The lowest BCUT2D eigenvalue weighted by molar-refractivity contribution is -0.0936. The van der Waals surface area contributed by atoms with Gasteiger partial charge in [-0.2, -0.15) is 0 Å². The Morgan fingerprint density at radius 3 is 2.55 bits per heavy atom. The molecule has 22 heavy (non-hydrogen) atoms. The lowest BCUT2D eigenvalue weighted by atomic mass is 9.84. The summed E-state index contributed by atoms with van der Waals surface area (Å²) in [6, 6.07) is 7.70. The summed E-state index contributed by atoms with van der Waals surface area (Å²) in [5.41, 5.74) is 0.442. The third-order valence-corrected chi connectivity index (χ3v) is 4.84. The first-order valence-electron chi connectivity index (χ1n) is 8.06. The number of para-hydroxylation sites is 1. The van der Waals surface area contributed by atoms with Crippen LogP contribution in [0.1, 0.15) is 25.5 Å². The first-order chi connectivity index (χ1) is 10.5. The van der Waals surface area contributed by atoms with Crippen molar-refractivity contribution in [2.24, 2.45) is 0 Å². The lowest BCUT2D eigenvalue weighted by Gasteiger charge is -2.50. The van der Waals surface area contributed by atoms with Crippen molar-refractivity contribution in [1.82, 2.24) is 9.80 Å². The third kappa shape index (κ3) is 2.86. The summed E-state index contributed by atoms with van der Waals surface area (Å²) < 4.78 is 6.17. The predicted octanol–water partition coefficient (Wildman–Crippen LogP) is 0.869. The molecule has 1 saturated heterocycles. The summed E-state index contributed by atoms with van der Waals surface area (Å²) in [6.45, 7) is 8.64. The van der Waals surface area contributed by atoms with Gasteiger partial charge >= 0.3 is 0 Å². The molecule has 0 radical (unpaired) electrons. The standard InChI is InChI=1S/C17H26N2O3/c1-17(2)16(19-9-7-18(8-10-19)11-12-20)15(21)13-5-3-4-6-14(13)22-17/h3-6,15-16,20-21H,7-12H2,1-2H3. The van der Waals surface area contributed by atoms with Gasteiger partial charge in [0, 0.05) is 38.3 Å². The Kier molecular flexibility index (Phi) is 4.41. The van der Waals surface area contributed by atoms with Crippen molar-refractivity contribution in [3.63, 3.8) is 0 Å². The van der Waals surface area contributed by atoms with E-state index in [-0.39, 0.29) is 12.6 Å². The largest absolute Gasteiger partial charge is 0.486 e. The second-order valence-electron chi connectivity index (χ2n) is 6.73. The molecule has 2 N–H and O–H groups in total. The highest BCUT2D eigenvalue weighted by atomic mass is 16.5. The fourth-order valence-electron chi connectivity index (χ4n) is 3.76. The molecule has 2 aliphatic heterocycles. The van der Waals surface area contributed by atoms with Gasteiger partial charge in [0.15, 0.2) is 0 Å². The normalized spacial score (nSPS) is 28.9. The summed E-state index contributed by atoms with van der Waals surface area (Å²) in [5.74, 6) is 0.787. The van der Waals surface area contributed by atoms with Crippen molar-refractivity contribution in [1.29, 1.82) is 0 Å². The first kappa shape index (κ1) is 15.7. The number of hydrogen-bond donors (Lipinski definition) is 2. The fraction of sp³-hybridized carbons (Fsp3) is 0.647. The zero-order valence-electron chi connectivity index (χ0n) is 13.4. The highest BCUT2D eigenvalue weighted by molar-refractivity contribution is 5.39. The SMILES string of the molecule is CC1(C)Oc2ccccc2C(O)C1N1CCN(CCO)CC1. The second kappa shape index (κ2) is 6.16. The molecule has 0 aromatic heterocycles. The van der Waals surface area contributed by atoms with Crippen molar-refractivity contribution in [2.45, 2.75) is 31.6 Å². The van der Waals surface area contributed by atoms with Crippen LogP contribution in [0.4, 0.5) is 0 Å². The number of hydrogen-bond acceptors (Lipinski definition) is 5. The van der Waals surface area contributed by atoms with E-state index in [0.29, 0.717) is 0 Å². The van der Waals surface area contributed by atoms with Gasteiger partial charge in [-0.1, -0.05) is 18.2 Å². The maximum atomic E-state index is 10.9. The number of β-amino-alcohol motifs (C(OH)–C–C–N with tert-alkyl or cyclic N) is 1. The number of fused-ring (bicyclic) bond motifs is 1. The molecule has 2 atom stereocenters. The number of piperazine rings is 1. The number of nitrogens with zero attached hydrogens (tertiary/aromatic N) is 2. The number of aliphatic hydroxyl groups is 2. The van der Waals surface area contributed by atoms with Crippen molar-refractivity contribution in [3.8, 4) is 5.75 Å². The van der Waals surface area contributed by atoms with Crippen LogP contribution in [0.25, 0.3) is 0 Å². The minimum absolute atomic E-state index is 0.0568. The Hall–Kier alpha value is -1.14. The van der Waals surface area contributed by atoms with Crippen molar-refractivity contribution >= 4 is 0 Å². The van der Waals surface area contributed by atoms with E-state index in [4.69, 9.17) is 9.84 Å². The van der Waals surface area contributed by atoms with Crippen LogP contribution in [0, 0.1) is 0 Å². The molecule has 0 aliphatic carbocycles. The quantitative estimate of drug-likeness (QED) is 0.868. The van der Waals surface area contributed by atoms with Gasteiger partial charge in [-0.15, -0.1) is 0 Å². The molecule has 1 fully saturated rings. The molecule has 5 nitrogen and oxygen atoms in total. The molecule has 122 valence electrons. The number of benzene rings is 1. The average Bonchev–Trinajstić information content (AvgIpc) is 2.48. The van der Waals surface area contributed by atoms with Gasteiger partial charge in [0.2, 0.25) is 0 Å². The molecule has 0 saturated carbocycles. The van der Waals surface area contributed by atoms with Gasteiger partial charge in [-0.25, -0.2) is 0 Å². The average molecular weight is 306 g/mol. The van der Waals surface area contributed by atoms with Crippen LogP contribution in [-0.4, -0.2) is 71.0 Å². The first-order valence-corrected chi connectivity index (χ1v) is 8.06. The van der Waals surface area contributed by atoms with Crippen molar-refractivity contribution in [2.75, 3.05) is 39.3 Å². The predicted molar refractivity (Wildman–Crippen MR) is 85.0 cm³/mol. The molecular formula is C17H26N2O3. The number of ether oxygens (including phenoxy) is 1. The molecule has 2 aliphatic rings. The van der Waals surface area contributed by atoms with Gasteiger partial charge in [0.05, 0.1) is 12.6 Å². The molecular weight excluding hydrogens is 280 g/mol. The summed E-state index contributed by atoms with van der Waals surface area (Å²) in [4.78, 5) is 4.59. The Morgan fingerprint density at radius 1 is 1.18 bits per heavy atom. The van der Waals surface area contributed by atoms with Crippen LogP contribution in [0.5, 0.6) is 5.75 Å². The van der Waals surface area contributed by atoms with Crippen LogP contribution >= 0.6 is 0 Å². The summed E-state index contributed by atoms with van der Waals surface area (Å²) >= 11 is 0. The van der Waals surface area contributed by atoms with Crippen LogP contribution < -0.4 is 4.74 Å². The summed E-state index contributed by atoms with van der Waals surface area (Å²) in [7, 11) is 0. The maximum Gasteiger partial charge on any atom is 0.126 e. The monoisotopic (exact) mass is 306 g/mol. The molecule has 3 rings (SSSR count). The highest BCUT2D eigenvalue weighted by Gasteiger charge is 2.46. The van der Waals surface area contributed by atoms with Gasteiger partial charge in [-0.3, -0.25) is 9.80 Å². The van der Waals surface area contributed by atoms with Crippen molar-refractivity contribution in [3.05, 3.63) is 29.8 Å². The number of rotatable bonds is 3. The molecule has 0 amide bonds. The van der Waals surface area contributed by atoms with E-state index in [1.54, 1.807) is 0 Å². The Morgan fingerprint density at radius 2 is 1.86 bits per heavy atom. The van der Waals surface area contributed by atoms with E-state index in [1.807, 2.05) is 24.3 Å². The molecule has 0 bridgehead atoms. The Labute approximate surface area is 132 Å². The van der Waals surface area contributed by atoms with Crippen LogP contribution in [-0.2, 0) is 0 Å². The number of aliphatic hydroxyl groups excluding tert-OH is 2. The van der Waals surface area contributed by atoms with Gasteiger partial charge in [0.25, 0.3) is 0 Å². The van der Waals surface area contributed by atoms with E-state index in [1.165, 1.54) is 0 Å². The minimum atomic E-state index is -0.538. The van der Waals surface area contributed by atoms with E-state index in [0.717, 1.165) is 44.0 Å². The van der Waals surface area contributed by atoms with Gasteiger partial charge in [-0.05, 0) is 19.9 Å². The molecule has 5 heteroatoms. The Bertz CT molecular complexity index is 512. The van der Waals surface area contributed by atoms with Gasteiger partial charge < -0.3 is 14.9 Å². The maximum absolute atomic E-state index is 10.9. The Balaban J connectivity index is 1.78. The zero-order chi connectivity index (χ0) is 15.7.